The molecule has 1 amide bonds. The minimum atomic E-state index is -4.92. The number of amides is 1. The highest BCUT2D eigenvalue weighted by Crippen LogP contribution is 2.37. The number of hydrogen-bond donors (Lipinski definition) is 0. The Hall–Kier alpha value is -2.31. The van der Waals surface area contributed by atoms with Crippen molar-refractivity contribution in [2.75, 3.05) is 23.9 Å². The van der Waals surface area contributed by atoms with Gasteiger partial charge in [-0.15, -0.1) is 0 Å². The van der Waals surface area contributed by atoms with Gasteiger partial charge in [-0.3, -0.25) is 4.79 Å². The molecule has 4 nitrogen and oxygen atoms in total. The predicted octanol–water partition coefficient (Wildman–Crippen LogP) is 4.53. The van der Waals surface area contributed by atoms with Crippen molar-refractivity contribution in [1.82, 2.24) is 4.98 Å². The summed E-state index contributed by atoms with van der Waals surface area (Å²) in [6, 6.07) is 8.15. The Kier molecular flexibility index (Phi) is 5.07. The van der Waals surface area contributed by atoms with E-state index in [1.807, 2.05) is 0 Å². The van der Waals surface area contributed by atoms with E-state index in [2.05, 4.69) is 4.98 Å². The first-order valence-corrected chi connectivity index (χ1v) is 8.76. The number of hydrogen-bond acceptors (Lipinski definition) is 3. The number of alkyl halides is 3. The van der Waals surface area contributed by atoms with Crippen LogP contribution in [0, 0.1) is 0 Å². The lowest BCUT2D eigenvalue weighted by Crippen LogP contribution is -2.48. The molecule has 7 heteroatoms. The van der Waals surface area contributed by atoms with Crippen molar-refractivity contribution < 1.29 is 18.0 Å². The lowest BCUT2D eigenvalue weighted by atomic mass is 9.93. The summed E-state index contributed by atoms with van der Waals surface area (Å²) < 4.78 is 40.1. The Bertz CT molecular complexity index is 798. The number of benzene rings is 1. The van der Waals surface area contributed by atoms with Crippen LogP contribution in [0.15, 0.2) is 30.3 Å². The number of carbonyl (C=O) groups excluding carboxylic acids is 1. The van der Waals surface area contributed by atoms with Gasteiger partial charge in [0.1, 0.15) is 5.82 Å². The fraction of sp³-hybridized carbons (Fsp3) is 0.474. The van der Waals surface area contributed by atoms with Crippen molar-refractivity contribution in [2.24, 2.45) is 0 Å². The normalized spacial score (nSPS) is 15.9. The van der Waals surface area contributed by atoms with Crippen molar-refractivity contribution in [1.29, 1.82) is 0 Å². The van der Waals surface area contributed by atoms with Crippen LogP contribution in [0.5, 0.6) is 0 Å². The maximum absolute atomic E-state index is 13.4. The number of halogens is 3. The summed E-state index contributed by atoms with van der Waals surface area (Å²) in [5.74, 6) is -1.28. The molecule has 140 valence electrons. The molecule has 0 aliphatic heterocycles. The Morgan fingerprint density at radius 1 is 1.12 bits per heavy atom. The van der Waals surface area contributed by atoms with Crippen LogP contribution in [-0.4, -0.2) is 37.2 Å². The van der Waals surface area contributed by atoms with Crippen molar-refractivity contribution >= 4 is 28.3 Å². The van der Waals surface area contributed by atoms with Crippen LogP contribution in [0.3, 0.4) is 0 Å². The average Bonchev–Trinajstić information content (AvgIpc) is 2.61. The molecule has 0 saturated heterocycles. The van der Waals surface area contributed by atoms with Gasteiger partial charge in [-0.1, -0.05) is 37.5 Å². The van der Waals surface area contributed by atoms with E-state index in [1.54, 1.807) is 49.3 Å². The summed E-state index contributed by atoms with van der Waals surface area (Å²) in [4.78, 5) is 19.5. The molecule has 0 radical (unpaired) electrons. The molecule has 0 bridgehead atoms. The summed E-state index contributed by atoms with van der Waals surface area (Å²) in [6.45, 7) is 0. The minimum absolute atomic E-state index is 0.286. The fourth-order valence-electron chi connectivity index (χ4n) is 3.52. The Morgan fingerprint density at radius 2 is 1.77 bits per heavy atom. The van der Waals surface area contributed by atoms with Crippen LogP contribution in [0.25, 0.3) is 10.9 Å². The van der Waals surface area contributed by atoms with Crippen molar-refractivity contribution in [3.05, 3.63) is 30.3 Å². The lowest BCUT2D eigenvalue weighted by molar-refractivity contribution is -0.171. The van der Waals surface area contributed by atoms with Crippen LogP contribution in [-0.2, 0) is 4.79 Å². The maximum atomic E-state index is 13.4. The zero-order valence-corrected chi connectivity index (χ0v) is 14.9. The number of anilines is 2. The number of carbonyl (C=O) groups is 1. The first kappa shape index (κ1) is 18.5. The molecule has 2 aromatic rings. The average molecular weight is 365 g/mol. The Labute approximate surface area is 150 Å². The van der Waals surface area contributed by atoms with Gasteiger partial charge in [0.2, 0.25) is 0 Å². The van der Waals surface area contributed by atoms with E-state index in [4.69, 9.17) is 0 Å². The molecule has 1 heterocycles. The number of aromatic nitrogens is 1. The van der Waals surface area contributed by atoms with Crippen LogP contribution >= 0.6 is 0 Å². The fourth-order valence-corrected chi connectivity index (χ4v) is 3.52. The SMILES string of the molecule is CN(C)c1cc(N(C(=O)C(F)(F)F)C2CCCCC2)c2ccccc2n1. The first-order chi connectivity index (χ1) is 12.3. The van der Waals surface area contributed by atoms with Crippen molar-refractivity contribution in [3.63, 3.8) is 0 Å². The second-order valence-electron chi connectivity index (χ2n) is 6.88. The van der Waals surface area contributed by atoms with Gasteiger partial charge in [0.25, 0.3) is 0 Å². The highest BCUT2D eigenvalue weighted by atomic mass is 19.4. The molecule has 26 heavy (non-hydrogen) atoms. The van der Waals surface area contributed by atoms with Gasteiger partial charge in [-0.05, 0) is 18.9 Å². The van der Waals surface area contributed by atoms with Gasteiger partial charge >= 0.3 is 12.1 Å². The lowest BCUT2D eigenvalue weighted by Gasteiger charge is -2.35. The summed E-state index contributed by atoms with van der Waals surface area (Å²) >= 11 is 0. The highest BCUT2D eigenvalue weighted by Gasteiger charge is 2.46. The maximum Gasteiger partial charge on any atom is 0.471 e. The molecule has 1 aliphatic carbocycles. The summed E-state index contributed by atoms with van der Waals surface area (Å²) in [7, 11) is 3.55. The molecule has 1 aromatic carbocycles. The number of fused-ring (bicyclic) bond motifs is 1. The third-order valence-corrected chi connectivity index (χ3v) is 4.80. The molecule has 1 saturated carbocycles. The van der Waals surface area contributed by atoms with Gasteiger partial charge in [0.15, 0.2) is 0 Å². The van der Waals surface area contributed by atoms with E-state index < -0.39 is 18.1 Å². The molecule has 1 fully saturated rings. The molecule has 0 spiro atoms. The van der Waals surface area contributed by atoms with Crippen molar-refractivity contribution in [2.45, 2.75) is 44.3 Å². The molecular formula is C19H22F3N3O. The summed E-state index contributed by atoms with van der Waals surface area (Å²) in [5, 5.41) is 0.557. The van der Waals surface area contributed by atoms with Gasteiger partial charge < -0.3 is 9.80 Å². The second-order valence-corrected chi connectivity index (χ2v) is 6.88. The zero-order valence-electron chi connectivity index (χ0n) is 14.9. The van der Waals surface area contributed by atoms with Crippen LogP contribution in [0.4, 0.5) is 24.7 Å². The van der Waals surface area contributed by atoms with E-state index in [1.165, 1.54) is 0 Å². The molecule has 3 rings (SSSR count). The standard InChI is InChI=1S/C19H22F3N3O/c1-24(2)17-12-16(14-10-6-7-11-15(14)23-17)25(18(26)19(20,21)22)13-8-4-3-5-9-13/h6-7,10-13H,3-5,8-9H2,1-2H3. The largest absolute Gasteiger partial charge is 0.471 e. The monoisotopic (exact) mass is 365 g/mol. The van der Waals surface area contributed by atoms with Crippen molar-refractivity contribution in [3.8, 4) is 0 Å². The second kappa shape index (κ2) is 7.13. The highest BCUT2D eigenvalue weighted by molar-refractivity contribution is 6.06. The van der Waals surface area contributed by atoms with E-state index in [0.717, 1.165) is 24.2 Å². The third-order valence-electron chi connectivity index (χ3n) is 4.80. The number of rotatable bonds is 3. The van der Waals surface area contributed by atoms with E-state index >= 15 is 0 Å². The quantitative estimate of drug-likeness (QED) is 0.802. The van der Waals surface area contributed by atoms with Gasteiger partial charge in [-0.25, -0.2) is 4.98 Å². The van der Waals surface area contributed by atoms with Gasteiger partial charge in [0, 0.05) is 31.6 Å². The van der Waals surface area contributed by atoms with Crippen LogP contribution in [0.1, 0.15) is 32.1 Å². The molecular weight excluding hydrogens is 343 g/mol. The molecule has 1 aliphatic rings. The number of pyridine rings is 1. The molecule has 0 N–H and O–H groups in total. The molecule has 0 atom stereocenters. The van der Waals surface area contributed by atoms with Gasteiger partial charge in [0.05, 0.1) is 11.2 Å². The molecule has 1 aromatic heterocycles. The minimum Gasteiger partial charge on any atom is -0.363 e. The third kappa shape index (κ3) is 3.61. The van der Waals surface area contributed by atoms with Crippen LogP contribution in [0.2, 0.25) is 0 Å². The Morgan fingerprint density at radius 3 is 2.38 bits per heavy atom. The number of para-hydroxylation sites is 1. The smallest absolute Gasteiger partial charge is 0.363 e. The van der Waals surface area contributed by atoms with E-state index in [0.29, 0.717) is 29.6 Å². The topological polar surface area (TPSA) is 36.4 Å². The zero-order chi connectivity index (χ0) is 18.9. The van der Waals surface area contributed by atoms with Gasteiger partial charge in [-0.2, -0.15) is 13.2 Å². The van der Waals surface area contributed by atoms with E-state index in [9.17, 15) is 18.0 Å². The predicted molar refractivity (Wildman–Crippen MR) is 96.5 cm³/mol. The summed E-state index contributed by atoms with van der Waals surface area (Å²) in [5.41, 5.74) is 0.859. The Balaban J connectivity index is 2.20. The van der Waals surface area contributed by atoms with Crippen LogP contribution < -0.4 is 9.80 Å². The molecule has 0 unspecified atom stereocenters. The van der Waals surface area contributed by atoms with E-state index in [-0.39, 0.29) is 5.69 Å². The summed E-state index contributed by atoms with van der Waals surface area (Å²) in [6.07, 6.45) is -1.11. The first-order valence-electron chi connectivity index (χ1n) is 8.76. The number of nitrogens with zero attached hydrogens (tertiary/aromatic N) is 3.